The van der Waals surface area contributed by atoms with Crippen molar-refractivity contribution >= 4 is 22.9 Å². The van der Waals surface area contributed by atoms with E-state index in [4.69, 9.17) is 0 Å². The van der Waals surface area contributed by atoms with Crippen LogP contribution in [-0.4, -0.2) is 5.91 Å². The van der Waals surface area contributed by atoms with Crippen LogP contribution in [0.4, 0.5) is 5.69 Å². The van der Waals surface area contributed by atoms with E-state index in [2.05, 4.69) is 35.0 Å². The number of amides is 1. The first-order valence-corrected chi connectivity index (χ1v) is 7.55. The molecule has 0 spiro atoms. The molecule has 1 aliphatic carbocycles. The fraction of sp³-hybridized carbons (Fsp3) is 0.312. The summed E-state index contributed by atoms with van der Waals surface area (Å²) in [6.07, 6.45) is 3.09. The van der Waals surface area contributed by atoms with Crippen molar-refractivity contribution < 1.29 is 4.79 Å². The van der Waals surface area contributed by atoms with Crippen LogP contribution in [0, 0.1) is 12.8 Å². The first-order valence-electron chi connectivity index (χ1n) is 6.67. The smallest absolute Gasteiger partial charge is 0.224 e. The van der Waals surface area contributed by atoms with Crippen LogP contribution in [-0.2, 0) is 4.79 Å². The normalized spacial score (nSPS) is 14.4. The van der Waals surface area contributed by atoms with Gasteiger partial charge in [0, 0.05) is 17.0 Å². The first kappa shape index (κ1) is 12.4. The summed E-state index contributed by atoms with van der Waals surface area (Å²) in [5.41, 5.74) is 3.23. The number of nitrogens with one attached hydrogen (secondary N) is 1. The number of aryl methyl sites for hydroxylation is 1. The Balaban J connectivity index is 1.79. The topological polar surface area (TPSA) is 29.1 Å². The SMILES string of the molecule is Cc1ccc(-c2cccs2)cc1NC(=O)CC1CC1. The lowest BCUT2D eigenvalue weighted by Gasteiger charge is -2.10. The molecule has 2 aromatic rings. The highest BCUT2D eigenvalue weighted by molar-refractivity contribution is 7.13. The molecule has 0 radical (unpaired) electrons. The molecule has 3 heteroatoms. The quantitative estimate of drug-likeness (QED) is 0.873. The van der Waals surface area contributed by atoms with Crippen LogP contribution in [0.3, 0.4) is 0 Å². The van der Waals surface area contributed by atoms with Gasteiger partial charge in [0.1, 0.15) is 0 Å². The summed E-state index contributed by atoms with van der Waals surface area (Å²) in [5.74, 6) is 0.773. The Kier molecular flexibility index (Phi) is 3.38. The fourth-order valence-corrected chi connectivity index (χ4v) is 2.86. The predicted octanol–water partition coefficient (Wildman–Crippen LogP) is 4.46. The molecule has 1 N–H and O–H groups in total. The average Bonchev–Trinajstić information content (AvgIpc) is 3.03. The Morgan fingerprint density at radius 2 is 2.21 bits per heavy atom. The van der Waals surface area contributed by atoms with Gasteiger partial charge >= 0.3 is 0 Å². The van der Waals surface area contributed by atoms with E-state index in [1.165, 1.54) is 23.3 Å². The summed E-state index contributed by atoms with van der Waals surface area (Å²) in [6, 6.07) is 10.4. The number of carbonyl (C=O) groups excluding carboxylic acids is 1. The Bertz CT molecular complexity index is 585. The van der Waals surface area contributed by atoms with E-state index in [9.17, 15) is 4.79 Å². The van der Waals surface area contributed by atoms with E-state index < -0.39 is 0 Å². The minimum atomic E-state index is 0.147. The van der Waals surface area contributed by atoms with E-state index in [1.807, 2.05) is 13.0 Å². The summed E-state index contributed by atoms with van der Waals surface area (Å²) in [4.78, 5) is 13.1. The van der Waals surface area contributed by atoms with Crippen molar-refractivity contribution in [2.24, 2.45) is 5.92 Å². The van der Waals surface area contributed by atoms with Gasteiger partial charge in [0.05, 0.1) is 0 Å². The van der Waals surface area contributed by atoms with Crippen molar-refractivity contribution in [2.75, 3.05) is 5.32 Å². The summed E-state index contributed by atoms with van der Waals surface area (Å²) < 4.78 is 0. The zero-order valence-electron chi connectivity index (χ0n) is 11.0. The van der Waals surface area contributed by atoms with Crippen LogP contribution < -0.4 is 5.32 Å². The highest BCUT2D eigenvalue weighted by Crippen LogP contribution is 2.33. The second kappa shape index (κ2) is 5.17. The average molecular weight is 271 g/mol. The Hall–Kier alpha value is -1.61. The molecule has 1 aliphatic rings. The molecule has 0 saturated heterocycles. The number of anilines is 1. The van der Waals surface area contributed by atoms with Crippen LogP contribution in [0.5, 0.6) is 0 Å². The molecular weight excluding hydrogens is 254 g/mol. The van der Waals surface area contributed by atoms with Crippen molar-refractivity contribution in [1.82, 2.24) is 0 Å². The van der Waals surface area contributed by atoms with Crippen LogP contribution in [0.2, 0.25) is 0 Å². The molecule has 1 amide bonds. The summed E-state index contributed by atoms with van der Waals surface area (Å²) >= 11 is 1.72. The minimum Gasteiger partial charge on any atom is -0.326 e. The van der Waals surface area contributed by atoms with Gasteiger partial charge in [0.2, 0.25) is 5.91 Å². The zero-order chi connectivity index (χ0) is 13.2. The van der Waals surface area contributed by atoms with Gasteiger partial charge in [-0.3, -0.25) is 4.79 Å². The molecule has 98 valence electrons. The van der Waals surface area contributed by atoms with Crippen LogP contribution in [0.1, 0.15) is 24.8 Å². The van der Waals surface area contributed by atoms with Gasteiger partial charge in [-0.15, -0.1) is 11.3 Å². The third kappa shape index (κ3) is 3.04. The lowest BCUT2D eigenvalue weighted by atomic mass is 10.1. The highest BCUT2D eigenvalue weighted by atomic mass is 32.1. The maximum atomic E-state index is 11.9. The van der Waals surface area contributed by atoms with Gasteiger partial charge in [-0.25, -0.2) is 0 Å². The third-order valence-electron chi connectivity index (χ3n) is 3.49. The summed E-state index contributed by atoms with van der Waals surface area (Å²) in [6.45, 7) is 2.03. The van der Waals surface area contributed by atoms with Gasteiger partial charge < -0.3 is 5.32 Å². The Labute approximate surface area is 117 Å². The molecule has 1 aromatic carbocycles. The third-order valence-corrected chi connectivity index (χ3v) is 4.41. The second-order valence-electron chi connectivity index (χ2n) is 5.20. The predicted molar refractivity (Wildman–Crippen MR) is 80.5 cm³/mol. The molecule has 1 heterocycles. The first-order chi connectivity index (χ1) is 9.22. The van der Waals surface area contributed by atoms with E-state index in [0.717, 1.165) is 11.3 Å². The number of thiophene rings is 1. The molecule has 0 atom stereocenters. The van der Waals surface area contributed by atoms with Crippen molar-refractivity contribution in [1.29, 1.82) is 0 Å². The molecule has 0 unspecified atom stereocenters. The van der Waals surface area contributed by atoms with Crippen LogP contribution >= 0.6 is 11.3 Å². The number of hydrogen-bond donors (Lipinski definition) is 1. The van der Waals surface area contributed by atoms with Gasteiger partial charge in [0.25, 0.3) is 0 Å². The van der Waals surface area contributed by atoms with Gasteiger partial charge in [-0.2, -0.15) is 0 Å². The number of benzene rings is 1. The molecule has 1 fully saturated rings. The molecule has 1 aromatic heterocycles. The number of hydrogen-bond acceptors (Lipinski definition) is 2. The zero-order valence-corrected chi connectivity index (χ0v) is 11.8. The highest BCUT2D eigenvalue weighted by Gasteiger charge is 2.24. The van der Waals surface area contributed by atoms with Crippen LogP contribution in [0.25, 0.3) is 10.4 Å². The molecular formula is C16H17NOS. The molecule has 19 heavy (non-hydrogen) atoms. The van der Waals surface area contributed by atoms with Crippen molar-refractivity contribution in [2.45, 2.75) is 26.2 Å². The molecule has 3 rings (SSSR count). The lowest BCUT2D eigenvalue weighted by molar-refractivity contribution is -0.116. The molecule has 0 aliphatic heterocycles. The minimum absolute atomic E-state index is 0.147. The summed E-state index contributed by atoms with van der Waals surface area (Å²) in [5, 5.41) is 5.12. The van der Waals surface area contributed by atoms with Gasteiger partial charge in [-0.05, 0) is 54.3 Å². The summed E-state index contributed by atoms with van der Waals surface area (Å²) in [7, 11) is 0. The molecule has 2 nitrogen and oxygen atoms in total. The van der Waals surface area contributed by atoms with E-state index in [0.29, 0.717) is 12.3 Å². The number of carbonyl (C=O) groups is 1. The maximum Gasteiger partial charge on any atom is 0.224 e. The molecule has 0 bridgehead atoms. The Morgan fingerprint density at radius 1 is 1.37 bits per heavy atom. The molecule has 1 saturated carbocycles. The van der Waals surface area contributed by atoms with E-state index in [1.54, 1.807) is 11.3 Å². The Morgan fingerprint density at radius 3 is 2.89 bits per heavy atom. The standard InChI is InChI=1S/C16H17NOS/c1-11-4-7-13(15-3-2-8-19-15)10-14(11)17-16(18)9-12-5-6-12/h2-4,7-8,10,12H,5-6,9H2,1H3,(H,17,18). The van der Waals surface area contributed by atoms with E-state index in [-0.39, 0.29) is 5.91 Å². The van der Waals surface area contributed by atoms with Crippen molar-refractivity contribution in [3.05, 3.63) is 41.3 Å². The second-order valence-corrected chi connectivity index (χ2v) is 6.15. The monoisotopic (exact) mass is 271 g/mol. The fourth-order valence-electron chi connectivity index (χ4n) is 2.14. The van der Waals surface area contributed by atoms with Gasteiger partial charge in [-0.1, -0.05) is 18.2 Å². The van der Waals surface area contributed by atoms with Crippen molar-refractivity contribution in [3.63, 3.8) is 0 Å². The van der Waals surface area contributed by atoms with E-state index >= 15 is 0 Å². The number of rotatable bonds is 4. The van der Waals surface area contributed by atoms with Crippen LogP contribution in [0.15, 0.2) is 35.7 Å². The lowest BCUT2D eigenvalue weighted by Crippen LogP contribution is -2.12. The largest absolute Gasteiger partial charge is 0.326 e. The maximum absolute atomic E-state index is 11.9. The van der Waals surface area contributed by atoms with Crippen molar-refractivity contribution in [3.8, 4) is 10.4 Å². The van der Waals surface area contributed by atoms with Gasteiger partial charge in [0.15, 0.2) is 0 Å².